The molecule has 7 heteroatoms. The van der Waals surface area contributed by atoms with Gasteiger partial charge in [-0.3, -0.25) is 9.59 Å². The van der Waals surface area contributed by atoms with E-state index in [0.717, 1.165) is 25.7 Å². The summed E-state index contributed by atoms with van der Waals surface area (Å²) in [7, 11) is 0. The number of fused-ring (bicyclic) bond motifs is 1. The van der Waals surface area contributed by atoms with Crippen molar-refractivity contribution < 1.29 is 23.8 Å². The van der Waals surface area contributed by atoms with Crippen LogP contribution in [0.1, 0.15) is 36.0 Å². The normalized spacial score (nSPS) is 22.9. The number of nitrogens with zero attached hydrogens (tertiary/aromatic N) is 1. The number of hydrogen-bond acceptors (Lipinski definition) is 5. The first-order chi connectivity index (χ1) is 12.2. The standard InChI is InChI=1S/C18H22N2O5/c21-17(12-3-4-14-16(10-12)25-11-24-14)19-13-5-7-20(8-6-13)18(22)15-2-1-9-23-15/h3-4,10,13,15H,1-2,5-9,11H2,(H,19,21). The van der Waals surface area contributed by atoms with E-state index in [2.05, 4.69) is 5.32 Å². The smallest absolute Gasteiger partial charge is 0.251 e. The summed E-state index contributed by atoms with van der Waals surface area (Å²) in [6, 6.07) is 5.26. The van der Waals surface area contributed by atoms with Crippen molar-refractivity contribution >= 4 is 11.8 Å². The molecule has 2 fully saturated rings. The third kappa shape index (κ3) is 3.42. The van der Waals surface area contributed by atoms with Crippen LogP contribution in [0.3, 0.4) is 0 Å². The molecule has 7 nitrogen and oxygen atoms in total. The minimum absolute atomic E-state index is 0.0754. The lowest BCUT2D eigenvalue weighted by atomic mass is 10.0. The molecule has 2 saturated heterocycles. The van der Waals surface area contributed by atoms with E-state index in [4.69, 9.17) is 14.2 Å². The number of ether oxygens (including phenoxy) is 3. The van der Waals surface area contributed by atoms with Crippen molar-refractivity contribution in [3.8, 4) is 11.5 Å². The Hall–Kier alpha value is -2.28. The van der Waals surface area contributed by atoms with Crippen LogP contribution in [-0.4, -0.2) is 55.3 Å². The van der Waals surface area contributed by atoms with Gasteiger partial charge in [-0.05, 0) is 43.9 Å². The van der Waals surface area contributed by atoms with Gasteiger partial charge in [-0.1, -0.05) is 0 Å². The molecule has 0 radical (unpaired) electrons. The highest BCUT2D eigenvalue weighted by atomic mass is 16.7. The van der Waals surface area contributed by atoms with Gasteiger partial charge in [-0.15, -0.1) is 0 Å². The lowest BCUT2D eigenvalue weighted by Gasteiger charge is -2.33. The van der Waals surface area contributed by atoms with Gasteiger partial charge in [0.1, 0.15) is 6.10 Å². The van der Waals surface area contributed by atoms with Crippen LogP contribution >= 0.6 is 0 Å². The van der Waals surface area contributed by atoms with E-state index in [1.54, 1.807) is 18.2 Å². The molecule has 0 saturated carbocycles. The van der Waals surface area contributed by atoms with Crippen molar-refractivity contribution in [2.45, 2.75) is 37.8 Å². The van der Waals surface area contributed by atoms with E-state index in [9.17, 15) is 9.59 Å². The van der Waals surface area contributed by atoms with E-state index < -0.39 is 0 Å². The average Bonchev–Trinajstić information content (AvgIpc) is 3.32. The van der Waals surface area contributed by atoms with Crippen LogP contribution in [0, 0.1) is 0 Å². The fourth-order valence-electron chi connectivity index (χ4n) is 3.53. The maximum absolute atomic E-state index is 12.4. The van der Waals surface area contributed by atoms with Crippen molar-refractivity contribution in [3.05, 3.63) is 23.8 Å². The number of nitrogens with one attached hydrogen (secondary N) is 1. The Morgan fingerprint density at radius 3 is 2.64 bits per heavy atom. The van der Waals surface area contributed by atoms with E-state index in [1.807, 2.05) is 4.90 Å². The molecule has 3 aliphatic heterocycles. The number of likely N-dealkylation sites (tertiary alicyclic amines) is 1. The van der Waals surface area contributed by atoms with Gasteiger partial charge in [0.2, 0.25) is 6.79 Å². The van der Waals surface area contributed by atoms with Crippen LogP contribution < -0.4 is 14.8 Å². The first-order valence-electron chi connectivity index (χ1n) is 8.81. The molecule has 1 aromatic rings. The van der Waals surface area contributed by atoms with Crippen molar-refractivity contribution in [2.24, 2.45) is 0 Å². The maximum Gasteiger partial charge on any atom is 0.251 e. The first-order valence-corrected chi connectivity index (χ1v) is 8.81. The highest BCUT2D eigenvalue weighted by molar-refractivity contribution is 5.95. The van der Waals surface area contributed by atoms with E-state index in [0.29, 0.717) is 36.8 Å². The molecule has 0 aromatic heterocycles. The number of carbonyl (C=O) groups is 2. The Morgan fingerprint density at radius 2 is 1.88 bits per heavy atom. The van der Waals surface area contributed by atoms with Crippen molar-refractivity contribution in [2.75, 3.05) is 26.5 Å². The second kappa shape index (κ2) is 6.92. The van der Waals surface area contributed by atoms with Gasteiger partial charge < -0.3 is 24.4 Å². The number of rotatable bonds is 3. The topological polar surface area (TPSA) is 77.1 Å². The minimum Gasteiger partial charge on any atom is -0.454 e. The van der Waals surface area contributed by atoms with Crippen molar-refractivity contribution in [1.82, 2.24) is 10.2 Å². The van der Waals surface area contributed by atoms with Crippen molar-refractivity contribution in [3.63, 3.8) is 0 Å². The molecule has 0 aliphatic carbocycles. The zero-order valence-corrected chi connectivity index (χ0v) is 14.0. The Morgan fingerprint density at radius 1 is 1.08 bits per heavy atom. The molecule has 3 aliphatic rings. The van der Waals surface area contributed by atoms with E-state index in [-0.39, 0.29) is 30.8 Å². The van der Waals surface area contributed by atoms with Gasteiger partial charge in [0.15, 0.2) is 11.5 Å². The van der Waals surface area contributed by atoms with Gasteiger partial charge in [-0.2, -0.15) is 0 Å². The molecule has 0 spiro atoms. The zero-order chi connectivity index (χ0) is 17.2. The predicted octanol–water partition coefficient (Wildman–Crippen LogP) is 1.32. The second-order valence-corrected chi connectivity index (χ2v) is 6.64. The third-order valence-electron chi connectivity index (χ3n) is 4.98. The molecule has 1 N–H and O–H groups in total. The van der Waals surface area contributed by atoms with Gasteiger partial charge in [0.05, 0.1) is 0 Å². The van der Waals surface area contributed by atoms with E-state index >= 15 is 0 Å². The average molecular weight is 346 g/mol. The summed E-state index contributed by atoms with van der Waals surface area (Å²) in [5.74, 6) is 1.24. The summed E-state index contributed by atoms with van der Waals surface area (Å²) < 4.78 is 16.0. The van der Waals surface area contributed by atoms with Gasteiger partial charge >= 0.3 is 0 Å². The quantitative estimate of drug-likeness (QED) is 0.893. The van der Waals surface area contributed by atoms with Crippen LogP contribution in [0.5, 0.6) is 11.5 Å². The first kappa shape index (κ1) is 16.2. The molecule has 1 aromatic carbocycles. The second-order valence-electron chi connectivity index (χ2n) is 6.64. The number of benzene rings is 1. The maximum atomic E-state index is 12.4. The van der Waals surface area contributed by atoms with Crippen molar-refractivity contribution in [1.29, 1.82) is 0 Å². The summed E-state index contributed by atoms with van der Waals surface area (Å²) in [6.45, 7) is 2.19. The number of amides is 2. The Balaban J connectivity index is 1.29. The predicted molar refractivity (Wildman–Crippen MR) is 88.6 cm³/mol. The molecule has 4 rings (SSSR count). The summed E-state index contributed by atoms with van der Waals surface area (Å²) in [4.78, 5) is 26.6. The molecule has 1 unspecified atom stereocenters. The fraction of sp³-hybridized carbons (Fsp3) is 0.556. The third-order valence-corrected chi connectivity index (χ3v) is 4.98. The number of hydrogen-bond donors (Lipinski definition) is 1. The SMILES string of the molecule is O=C(NC1CCN(C(=O)C2CCCO2)CC1)c1ccc2c(c1)OCO2. The molecule has 3 heterocycles. The molecular formula is C18H22N2O5. The molecule has 1 atom stereocenters. The molecule has 134 valence electrons. The highest BCUT2D eigenvalue weighted by Gasteiger charge is 2.31. The summed E-state index contributed by atoms with van der Waals surface area (Å²) >= 11 is 0. The lowest BCUT2D eigenvalue weighted by Crippen LogP contribution is -2.49. The largest absolute Gasteiger partial charge is 0.454 e. The van der Waals surface area contributed by atoms with Gasteiger partial charge in [0.25, 0.3) is 11.8 Å². The highest BCUT2D eigenvalue weighted by Crippen LogP contribution is 2.32. The van der Waals surface area contributed by atoms with Crippen LogP contribution in [0.15, 0.2) is 18.2 Å². The summed E-state index contributed by atoms with van der Waals surface area (Å²) in [6.07, 6.45) is 3.03. The lowest BCUT2D eigenvalue weighted by molar-refractivity contribution is -0.142. The van der Waals surface area contributed by atoms with Crippen LogP contribution in [-0.2, 0) is 9.53 Å². The van der Waals surface area contributed by atoms with Crippen LogP contribution in [0.4, 0.5) is 0 Å². The summed E-state index contributed by atoms with van der Waals surface area (Å²) in [5.41, 5.74) is 0.558. The molecule has 2 amide bonds. The van der Waals surface area contributed by atoms with Crippen LogP contribution in [0.2, 0.25) is 0 Å². The monoisotopic (exact) mass is 346 g/mol. The Kier molecular flexibility index (Phi) is 4.48. The van der Waals surface area contributed by atoms with Crippen LogP contribution in [0.25, 0.3) is 0 Å². The molecule has 25 heavy (non-hydrogen) atoms. The molecule has 0 bridgehead atoms. The number of carbonyl (C=O) groups excluding carboxylic acids is 2. The minimum atomic E-state index is -0.264. The number of piperidine rings is 1. The zero-order valence-electron chi connectivity index (χ0n) is 14.0. The van der Waals surface area contributed by atoms with Gasteiger partial charge in [-0.25, -0.2) is 0 Å². The molecular weight excluding hydrogens is 324 g/mol. The summed E-state index contributed by atoms with van der Waals surface area (Å²) in [5, 5.41) is 3.05. The Bertz CT molecular complexity index is 663. The fourth-order valence-corrected chi connectivity index (χ4v) is 3.53. The Labute approximate surface area is 146 Å². The van der Waals surface area contributed by atoms with E-state index in [1.165, 1.54) is 0 Å². The van der Waals surface area contributed by atoms with Gasteiger partial charge in [0, 0.05) is 31.3 Å².